The van der Waals surface area contributed by atoms with Gasteiger partial charge in [-0.05, 0) is 30.9 Å². The first-order valence-electron chi connectivity index (χ1n) is 7.79. The fourth-order valence-corrected chi connectivity index (χ4v) is 2.93. The van der Waals surface area contributed by atoms with Gasteiger partial charge in [0.25, 0.3) is 0 Å². The van der Waals surface area contributed by atoms with Crippen molar-refractivity contribution in [1.29, 1.82) is 0 Å². The molecule has 0 aliphatic heterocycles. The van der Waals surface area contributed by atoms with Crippen LogP contribution in [0.5, 0.6) is 0 Å². The van der Waals surface area contributed by atoms with E-state index in [1.165, 1.54) is 4.80 Å². The number of aromatic nitrogens is 4. The molecule has 23 heavy (non-hydrogen) atoms. The minimum atomic E-state index is -0.280. The van der Waals surface area contributed by atoms with Crippen molar-refractivity contribution in [1.82, 2.24) is 25.5 Å². The van der Waals surface area contributed by atoms with Gasteiger partial charge in [0.05, 0.1) is 0 Å². The van der Waals surface area contributed by atoms with Crippen molar-refractivity contribution in [2.45, 2.75) is 53.1 Å². The van der Waals surface area contributed by atoms with Crippen molar-refractivity contribution < 1.29 is 4.79 Å². The molecule has 1 aromatic carbocycles. The van der Waals surface area contributed by atoms with Gasteiger partial charge in [-0.1, -0.05) is 51.1 Å². The lowest BCUT2D eigenvalue weighted by molar-refractivity contribution is -0.124. The number of carbonyl (C=O) groups is 1. The van der Waals surface area contributed by atoms with Gasteiger partial charge in [0.1, 0.15) is 6.54 Å². The molecule has 1 N–H and O–H groups in total. The van der Waals surface area contributed by atoms with E-state index in [4.69, 9.17) is 0 Å². The maximum Gasteiger partial charge on any atom is 0.244 e. The normalized spacial score (nSPS) is 12.2. The lowest BCUT2D eigenvalue weighted by atomic mass is 9.82. The summed E-state index contributed by atoms with van der Waals surface area (Å²) in [6.07, 6.45) is 0.881. The summed E-state index contributed by atoms with van der Waals surface area (Å²) in [5, 5.41) is 15.3. The summed E-state index contributed by atoms with van der Waals surface area (Å²) in [6, 6.07) is 9.58. The van der Waals surface area contributed by atoms with Crippen molar-refractivity contribution in [3.8, 4) is 11.4 Å². The molecule has 1 amide bonds. The maximum absolute atomic E-state index is 12.2. The van der Waals surface area contributed by atoms with Crippen molar-refractivity contribution in [3.05, 3.63) is 30.3 Å². The first-order valence-corrected chi connectivity index (χ1v) is 7.79. The molecule has 2 aromatic rings. The number of nitrogens with zero attached hydrogens (tertiary/aromatic N) is 4. The minimum Gasteiger partial charge on any atom is -0.350 e. The smallest absolute Gasteiger partial charge is 0.244 e. The Kier molecular flexibility index (Phi) is 4.82. The number of carbonyl (C=O) groups excluding carboxylic acids is 1. The molecule has 0 fully saturated rings. The van der Waals surface area contributed by atoms with Crippen LogP contribution in [0.15, 0.2) is 30.3 Å². The van der Waals surface area contributed by atoms with E-state index in [9.17, 15) is 4.79 Å². The average Bonchev–Trinajstić information content (AvgIpc) is 2.84. The molecule has 0 spiro atoms. The summed E-state index contributed by atoms with van der Waals surface area (Å²) in [4.78, 5) is 13.5. The molecule has 0 atom stereocenters. The highest BCUT2D eigenvalue weighted by molar-refractivity contribution is 5.76. The third kappa shape index (κ3) is 5.47. The van der Waals surface area contributed by atoms with E-state index in [1.54, 1.807) is 0 Å². The predicted octanol–water partition coefficient (Wildman–Crippen LogP) is 2.67. The van der Waals surface area contributed by atoms with E-state index in [0.29, 0.717) is 5.82 Å². The number of amides is 1. The first-order chi connectivity index (χ1) is 10.6. The highest BCUT2D eigenvalue weighted by atomic mass is 16.2. The molecule has 0 aliphatic rings. The quantitative estimate of drug-likeness (QED) is 0.920. The van der Waals surface area contributed by atoms with Gasteiger partial charge in [-0.3, -0.25) is 4.79 Å². The average molecular weight is 315 g/mol. The van der Waals surface area contributed by atoms with Crippen LogP contribution in [0.25, 0.3) is 11.4 Å². The summed E-state index contributed by atoms with van der Waals surface area (Å²) in [7, 11) is 0. The van der Waals surface area contributed by atoms with Crippen LogP contribution in [0, 0.1) is 5.41 Å². The van der Waals surface area contributed by atoms with Gasteiger partial charge < -0.3 is 5.32 Å². The van der Waals surface area contributed by atoms with Gasteiger partial charge in [0.15, 0.2) is 0 Å². The molecular formula is C17H25N5O. The summed E-state index contributed by atoms with van der Waals surface area (Å²) in [5.41, 5.74) is 0.744. The maximum atomic E-state index is 12.2. The Hall–Kier alpha value is -2.24. The number of hydrogen-bond acceptors (Lipinski definition) is 4. The standard InChI is InChI=1S/C17H25N5O/c1-16(2,3)12-17(4,5)18-14(23)11-22-20-15(19-21-22)13-9-7-6-8-10-13/h6-10H,11-12H2,1-5H3,(H,18,23). The molecule has 0 radical (unpaired) electrons. The first kappa shape index (κ1) is 17.1. The van der Waals surface area contributed by atoms with E-state index < -0.39 is 0 Å². The highest BCUT2D eigenvalue weighted by Gasteiger charge is 2.27. The van der Waals surface area contributed by atoms with Crippen LogP contribution in [0.2, 0.25) is 0 Å². The number of tetrazole rings is 1. The zero-order valence-corrected chi connectivity index (χ0v) is 14.5. The Balaban J connectivity index is 1.97. The molecule has 1 aromatic heterocycles. The number of hydrogen-bond donors (Lipinski definition) is 1. The van der Waals surface area contributed by atoms with Crippen LogP contribution in [-0.4, -0.2) is 31.7 Å². The van der Waals surface area contributed by atoms with Gasteiger partial charge in [0, 0.05) is 11.1 Å². The van der Waals surface area contributed by atoms with Crippen LogP contribution >= 0.6 is 0 Å². The molecule has 0 aliphatic carbocycles. The zero-order valence-electron chi connectivity index (χ0n) is 14.5. The SMILES string of the molecule is CC(C)(C)CC(C)(C)NC(=O)Cn1nnc(-c2ccccc2)n1. The fourth-order valence-electron chi connectivity index (χ4n) is 2.93. The van der Waals surface area contributed by atoms with Gasteiger partial charge >= 0.3 is 0 Å². The zero-order chi connectivity index (χ0) is 17.1. The molecule has 2 rings (SSSR count). The van der Waals surface area contributed by atoms with Crippen LogP contribution in [0.3, 0.4) is 0 Å². The van der Waals surface area contributed by atoms with Crippen molar-refractivity contribution in [3.63, 3.8) is 0 Å². The van der Waals surface area contributed by atoms with E-state index in [1.807, 2.05) is 44.2 Å². The van der Waals surface area contributed by atoms with Crippen LogP contribution < -0.4 is 5.32 Å². The Morgan fingerprint density at radius 1 is 1.13 bits per heavy atom. The van der Waals surface area contributed by atoms with Gasteiger partial charge in [0.2, 0.25) is 11.7 Å². The van der Waals surface area contributed by atoms with E-state index in [0.717, 1.165) is 12.0 Å². The van der Waals surface area contributed by atoms with Crippen molar-refractivity contribution in [2.24, 2.45) is 5.41 Å². The number of rotatable bonds is 5. The van der Waals surface area contributed by atoms with E-state index in [2.05, 4.69) is 41.5 Å². The van der Waals surface area contributed by atoms with E-state index in [-0.39, 0.29) is 23.4 Å². The Bertz CT molecular complexity index is 655. The second kappa shape index (κ2) is 6.48. The Morgan fingerprint density at radius 3 is 2.39 bits per heavy atom. The second-order valence-corrected chi connectivity index (χ2v) is 7.68. The summed E-state index contributed by atoms with van der Waals surface area (Å²) < 4.78 is 0. The predicted molar refractivity (Wildman–Crippen MR) is 89.5 cm³/mol. The number of nitrogens with one attached hydrogen (secondary N) is 1. The third-order valence-electron chi connectivity index (χ3n) is 3.22. The van der Waals surface area contributed by atoms with Crippen molar-refractivity contribution >= 4 is 5.91 Å². The van der Waals surface area contributed by atoms with Gasteiger partial charge in [-0.2, -0.15) is 4.80 Å². The van der Waals surface area contributed by atoms with Crippen LogP contribution in [-0.2, 0) is 11.3 Å². The molecule has 6 heteroatoms. The highest BCUT2D eigenvalue weighted by Crippen LogP contribution is 2.26. The summed E-state index contributed by atoms with van der Waals surface area (Å²) in [5.74, 6) is 0.406. The number of benzene rings is 1. The van der Waals surface area contributed by atoms with Gasteiger partial charge in [-0.25, -0.2) is 0 Å². The molecule has 6 nitrogen and oxygen atoms in total. The molecule has 0 saturated heterocycles. The third-order valence-corrected chi connectivity index (χ3v) is 3.22. The lowest BCUT2D eigenvalue weighted by Crippen LogP contribution is -2.47. The molecule has 0 unspecified atom stereocenters. The molecule has 0 bridgehead atoms. The molecule has 0 saturated carbocycles. The topological polar surface area (TPSA) is 72.7 Å². The van der Waals surface area contributed by atoms with Crippen LogP contribution in [0.1, 0.15) is 41.0 Å². The fraction of sp³-hybridized carbons (Fsp3) is 0.529. The minimum absolute atomic E-state index is 0.0629. The van der Waals surface area contributed by atoms with E-state index >= 15 is 0 Å². The molecular weight excluding hydrogens is 290 g/mol. The Morgan fingerprint density at radius 2 is 1.78 bits per heavy atom. The monoisotopic (exact) mass is 315 g/mol. The lowest BCUT2D eigenvalue weighted by Gasteiger charge is -2.33. The van der Waals surface area contributed by atoms with Crippen molar-refractivity contribution in [2.75, 3.05) is 0 Å². The second-order valence-electron chi connectivity index (χ2n) is 7.68. The summed E-state index contributed by atoms with van der Waals surface area (Å²) in [6.45, 7) is 10.6. The largest absolute Gasteiger partial charge is 0.350 e. The molecule has 124 valence electrons. The Labute approximate surface area is 137 Å². The molecule has 1 heterocycles. The van der Waals surface area contributed by atoms with Crippen LogP contribution in [0.4, 0.5) is 0 Å². The summed E-state index contributed by atoms with van der Waals surface area (Å²) >= 11 is 0. The van der Waals surface area contributed by atoms with Gasteiger partial charge in [-0.15, -0.1) is 10.2 Å².